The van der Waals surface area contributed by atoms with E-state index in [-0.39, 0.29) is 15.2 Å². The third-order valence-electron chi connectivity index (χ3n) is 3.39. The molecule has 0 aromatic heterocycles. The monoisotopic (exact) mass is 386 g/mol. The van der Waals surface area contributed by atoms with E-state index in [4.69, 9.17) is 17.3 Å². The second-order valence-corrected chi connectivity index (χ2v) is 7.62. The topological polar surface area (TPSA) is 72.2 Å². The van der Waals surface area contributed by atoms with Crippen LogP contribution in [-0.4, -0.2) is 14.0 Å². The molecular formula is C12H17BrClFN2O2S. The Kier molecular flexibility index (Phi) is 5.46. The predicted molar refractivity (Wildman–Crippen MR) is 82.8 cm³/mol. The van der Waals surface area contributed by atoms with E-state index < -0.39 is 26.3 Å². The van der Waals surface area contributed by atoms with Crippen LogP contribution in [0, 0.1) is 5.82 Å². The van der Waals surface area contributed by atoms with Gasteiger partial charge in [0.1, 0.15) is 4.90 Å². The number of sulfonamides is 1. The van der Waals surface area contributed by atoms with E-state index in [0.717, 1.165) is 6.07 Å². The lowest BCUT2D eigenvalue weighted by Crippen LogP contribution is -2.45. The summed E-state index contributed by atoms with van der Waals surface area (Å²) in [4.78, 5) is -0.545. The van der Waals surface area contributed by atoms with Crippen molar-refractivity contribution in [2.24, 2.45) is 0 Å². The Balaban J connectivity index is 3.38. The minimum absolute atomic E-state index is 0.0407. The Hall–Kier alpha value is -0.370. The largest absolute Gasteiger partial charge is 0.395 e. The van der Waals surface area contributed by atoms with Gasteiger partial charge in [-0.05, 0) is 41.8 Å². The van der Waals surface area contributed by atoms with E-state index in [1.54, 1.807) is 6.92 Å². The third kappa shape index (κ3) is 3.44. The molecule has 3 N–H and O–H groups in total. The van der Waals surface area contributed by atoms with Crippen LogP contribution in [0.3, 0.4) is 0 Å². The number of benzene rings is 1. The molecule has 0 saturated carbocycles. The summed E-state index contributed by atoms with van der Waals surface area (Å²) in [6.07, 6.45) is 1.15. The molecule has 1 rings (SSSR count). The molecule has 114 valence electrons. The quantitative estimate of drug-likeness (QED) is 0.598. The summed E-state index contributed by atoms with van der Waals surface area (Å²) in [6, 6.07) is 1.05. The summed E-state index contributed by atoms with van der Waals surface area (Å²) in [5.41, 5.74) is 4.53. The van der Waals surface area contributed by atoms with Gasteiger partial charge in [-0.25, -0.2) is 17.5 Å². The first-order valence-electron chi connectivity index (χ1n) is 6.05. The summed E-state index contributed by atoms with van der Waals surface area (Å²) < 4.78 is 41.4. The van der Waals surface area contributed by atoms with Crippen LogP contribution >= 0.6 is 27.5 Å². The molecule has 0 aliphatic carbocycles. The van der Waals surface area contributed by atoms with Crippen LogP contribution in [0.4, 0.5) is 10.1 Å². The number of nitrogens with two attached hydrogens (primary N) is 1. The molecule has 0 heterocycles. The lowest BCUT2D eigenvalue weighted by molar-refractivity contribution is 0.387. The normalized spacial score (nSPS) is 12.7. The van der Waals surface area contributed by atoms with E-state index in [1.807, 2.05) is 13.8 Å². The van der Waals surface area contributed by atoms with Crippen LogP contribution in [-0.2, 0) is 10.0 Å². The second-order valence-electron chi connectivity index (χ2n) is 4.77. The minimum atomic E-state index is -4.04. The van der Waals surface area contributed by atoms with Gasteiger partial charge in [0.2, 0.25) is 10.0 Å². The molecule has 20 heavy (non-hydrogen) atoms. The van der Waals surface area contributed by atoms with Crippen molar-refractivity contribution in [3.63, 3.8) is 0 Å². The smallest absolute Gasteiger partial charge is 0.244 e. The molecule has 1 aromatic carbocycles. The van der Waals surface area contributed by atoms with Crippen LogP contribution < -0.4 is 10.5 Å². The van der Waals surface area contributed by atoms with Crippen molar-refractivity contribution in [1.82, 2.24) is 4.72 Å². The van der Waals surface area contributed by atoms with E-state index >= 15 is 0 Å². The van der Waals surface area contributed by atoms with Crippen molar-refractivity contribution in [2.75, 3.05) is 5.73 Å². The van der Waals surface area contributed by atoms with Gasteiger partial charge in [-0.1, -0.05) is 25.4 Å². The first-order chi connectivity index (χ1) is 9.08. The molecule has 0 unspecified atom stereocenters. The Morgan fingerprint density at radius 2 is 1.95 bits per heavy atom. The van der Waals surface area contributed by atoms with Crippen LogP contribution in [0.5, 0.6) is 0 Å². The van der Waals surface area contributed by atoms with Gasteiger partial charge in [0.05, 0.1) is 15.2 Å². The zero-order valence-electron chi connectivity index (χ0n) is 11.4. The maximum atomic E-state index is 14.1. The number of hydrogen-bond donors (Lipinski definition) is 2. The van der Waals surface area contributed by atoms with Crippen molar-refractivity contribution >= 4 is 43.2 Å². The molecule has 0 atom stereocenters. The molecule has 8 heteroatoms. The number of hydrogen-bond acceptors (Lipinski definition) is 3. The van der Waals surface area contributed by atoms with E-state index in [1.165, 1.54) is 0 Å². The number of nitrogens with one attached hydrogen (secondary N) is 1. The van der Waals surface area contributed by atoms with Gasteiger partial charge in [-0.3, -0.25) is 0 Å². The van der Waals surface area contributed by atoms with Crippen molar-refractivity contribution in [2.45, 2.75) is 44.0 Å². The molecule has 4 nitrogen and oxygen atoms in total. The average molecular weight is 388 g/mol. The standard InChI is InChI=1S/C12H17BrClFN2O2S/c1-4-12(3,5-2)17-20(18,19)8-6-7(14)9(13)11(16)10(8)15/h6,17H,4-5,16H2,1-3H3. The molecule has 0 amide bonds. The van der Waals surface area contributed by atoms with Gasteiger partial charge in [0.15, 0.2) is 5.82 Å². The molecule has 0 aliphatic rings. The summed E-state index contributed by atoms with van der Waals surface area (Å²) in [5.74, 6) is -1.01. The molecule has 0 spiro atoms. The zero-order chi connectivity index (χ0) is 15.7. The fourth-order valence-corrected chi connectivity index (χ4v) is 3.80. The molecule has 0 fully saturated rings. The Bertz CT molecular complexity index is 618. The third-order valence-corrected chi connectivity index (χ3v) is 6.41. The molecule has 0 bridgehead atoms. The van der Waals surface area contributed by atoms with Gasteiger partial charge in [-0.2, -0.15) is 0 Å². The summed E-state index contributed by atoms with van der Waals surface area (Å²) >= 11 is 8.86. The lowest BCUT2D eigenvalue weighted by atomic mass is 9.98. The van der Waals surface area contributed by atoms with Crippen LogP contribution in [0.1, 0.15) is 33.6 Å². The summed E-state index contributed by atoms with van der Waals surface area (Å²) in [6.45, 7) is 5.46. The highest BCUT2D eigenvalue weighted by atomic mass is 79.9. The first kappa shape index (κ1) is 17.7. The SMILES string of the molecule is CCC(C)(CC)NS(=O)(=O)c1cc(Cl)c(Br)c(N)c1F. The van der Waals surface area contributed by atoms with E-state index in [2.05, 4.69) is 20.7 Å². The summed E-state index contributed by atoms with van der Waals surface area (Å²) in [7, 11) is -4.04. The highest BCUT2D eigenvalue weighted by Crippen LogP contribution is 2.35. The number of halogens is 3. The van der Waals surface area contributed by atoms with Gasteiger partial charge in [0.25, 0.3) is 0 Å². The van der Waals surface area contributed by atoms with Crippen LogP contribution in [0.15, 0.2) is 15.4 Å². The Morgan fingerprint density at radius 3 is 2.40 bits per heavy atom. The number of nitrogen functional groups attached to an aromatic ring is 1. The van der Waals surface area contributed by atoms with Crippen molar-refractivity contribution in [3.05, 3.63) is 21.4 Å². The Labute approximate surface area is 132 Å². The average Bonchev–Trinajstić information content (AvgIpc) is 2.39. The second kappa shape index (κ2) is 6.17. The lowest BCUT2D eigenvalue weighted by Gasteiger charge is -2.28. The molecule has 1 aromatic rings. The van der Waals surface area contributed by atoms with Gasteiger partial charge in [-0.15, -0.1) is 0 Å². The highest BCUT2D eigenvalue weighted by Gasteiger charge is 2.31. The molecular weight excluding hydrogens is 371 g/mol. The van der Waals surface area contributed by atoms with Gasteiger partial charge in [0, 0.05) is 5.54 Å². The van der Waals surface area contributed by atoms with Crippen molar-refractivity contribution in [1.29, 1.82) is 0 Å². The Morgan fingerprint density at radius 1 is 1.45 bits per heavy atom. The van der Waals surface area contributed by atoms with E-state index in [9.17, 15) is 12.8 Å². The fraction of sp³-hybridized carbons (Fsp3) is 0.500. The number of rotatable bonds is 5. The van der Waals surface area contributed by atoms with E-state index in [0.29, 0.717) is 12.8 Å². The van der Waals surface area contributed by atoms with Crippen LogP contribution in [0.25, 0.3) is 0 Å². The van der Waals surface area contributed by atoms with Crippen molar-refractivity contribution in [3.8, 4) is 0 Å². The summed E-state index contributed by atoms with van der Waals surface area (Å²) in [5, 5.41) is 0.0407. The molecule has 0 aliphatic heterocycles. The van der Waals surface area contributed by atoms with Gasteiger partial charge >= 0.3 is 0 Å². The maximum absolute atomic E-state index is 14.1. The fourth-order valence-electron chi connectivity index (χ4n) is 1.57. The molecule has 0 radical (unpaired) electrons. The molecule has 0 saturated heterocycles. The minimum Gasteiger partial charge on any atom is -0.395 e. The van der Waals surface area contributed by atoms with Crippen LogP contribution in [0.2, 0.25) is 5.02 Å². The first-order valence-corrected chi connectivity index (χ1v) is 8.70. The predicted octanol–water partition coefficient (Wildman–Crippen LogP) is 3.68. The zero-order valence-corrected chi connectivity index (χ0v) is 14.6. The number of anilines is 1. The van der Waals surface area contributed by atoms with Gasteiger partial charge < -0.3 is 5.73 Å². The van der Waals surface area contributed by atoms with Crippen molar-refractivity contribution < 1.29 is 12.8 Å². The highest BCUT2D eigenvalue weighted by molar-refractivity contribution is 9.10. The maximum Gasteiger partial charge on any atom is 0.244 e.